The quantitative estimate of drug-likeness (QED) is 0.491. The second-order valence-corrected chi connectivity index (χ2v) is 1.29. The van der Waals surface area contributed by atoms with Gasteiger partial charge in [-0.05, 0) is 0 Å². The molecule has 0 heterocycles. The van der Waals surface area contributed by atoms with Crippen molar-refractivity contribution in [1.82, 2.24) is 0 Å². The maximum atomic E-state index is 9.58. The Hall–Kier alpha value is 0.256. The summed E-state index contributed by atoms with van der Waals surface area (Å²) in [5, 5.41) is 0. The second kappa shape index (κ2) is 13.8. The fourth-order valence-electron chi connectivity index (χ4n) is 0.342. The van der Waals surface area contributed by atoms with Crippen molar-refractivity contribution in [2.75, 3.05) is 0 Å². The van der Waals surface area contributed by atoms with Crippen molar-refractivity contribution in [3.05, 3.63) is 43.1 Å². The Morgan fingerprint density at radius 3 is 1.33 bits per heavy atom. The first-order valence-corrected chi connectivity index (χ1v) is 2.48. The average Bonchev–Trinajstić information content (AvgIpc) is 1.90. The van der Waals surface area contributed by atoms with E-state index in [9.17, 15) is 13.2 Å². The van der Waals surface area contributed by atoms with E-state index < -0.39 is 6.68 Å². The summed E-state index contributed by atoms with van der Waals surface area (Å²) in [6, 6.07) is 12.5. The number of benzene rings is 1. The zero-order chi connectivity index (χ0) is 7.82. The van der Waals surface area contributed by atoms with Gasteiger partial charge in [-0.3, -0.25) is 0 Å². The van der Waals surface area contributed by atoms with Gasteiger partial charge in [0.25, 0.3) is 0 Å². The molecule has 0 aromatic heterocycles. The van der Waals surface area contributed by atoms with Gasteiger partial charge in [0.1, 0.15) is 0 Å². The van der Waals surface area contributed by atoms with Gasteiger partial charge in [0.15, 0.2) is 6.68 Å². The molecule has 5 heteroatoms. The van der Waals surface area contributed by atoms with Crippen LogP contribution in [0.1, 0.15) is 0 Å². The molecule has 0 amide bonds. The summed E-state index contributed by atoms with van der Waals surface area (Å²) in [7, 11) is 0. The van der Waals surface area contributed by atoms with E-state index in [4.69, 9.17) is 0 Å². The third-order valence-electron chi connectivity index (χ3n) is 0.607. The molecule has 0 N–H and O–H groups in total. The summed E-state index contributed by atoms with van der Waals surface area (Å²) in [5.74, 6) is 0. The van der Waals surface area contributed by atoms with Crippen LogP contribution in [0.5, 0.6) is 0 Å². The van der Waals surface area contributed by atoms with Crippen LogP contribution in [-0.2, 0) is 0 Å². The van der Waals surface area contributed by atoms with Crippen LogP contribution < -0.4 is 0 Å². The second-order valence-electron chi connectivity index (χ2n) is 1.29. The molecule has 0 saturated carbocycles. The van der Waals surface area contributed by atoms with E-state index in [1.54, 1.807) is 0 Å². The number of hydrogen-bond donors (Lipinski definition) is 0. The molecule has 0 spiro atoms. The molecule has 12 heavy (non-hydrogen) atoms. The van der Waals surface area contributed by atoms with Gasteiger partial charge in [0, 0.05) is 0 Å². The molecule has 0 bridgehead atoms. The minimum Gasteiger partial charge on any atom is -0.385 e. The number of halogens is 4. The van der Waals surface area contributed by atoms with Crippen LogP contribution in [-0.4, -0.2) is 23.1 Å². The number of rotatable bonds is 0. The Morgan fingerprint density at radius 1 is 0.917 bits per heavy atom. The predicted molar refractivity (Wildman–Crippen MR) is 47.9 cm³/mol. The third kappa shape index (κ3) is 22.5. The Kier molecular flexibility index (Phi) is 20.9. The van der Waals surface area contributed by atoms with Crippen LogP contribution in [0.25, 0.3) is 0 Å². The minimum atomic E-state index is -3.08. The van der Waals surface area contributed by atoms with E-state index in [2.05, 4.69) is 6.07 Å². The van der Waals surface area contributed by atoms with E-state index >= 15 is 0 Å². The molecule has 0 aliphatic heterocycles. The summed E-state index contributed by atoms with van der Waals surface area (Å²) in [4.78, 5) is 0. The summed E-state index contributed by atoms with van der Waals surface area (Å²) in [6.45, 7) is -3.08. The molecule has 64 valence electrons. The molecule has 0 nitrogen and oxygen atoms in total. The number of hydrogen-bond acceptors (Lipinski definition) is 0. The van der Waals surface area contributed by atoms with Crippen LogP contribution in [0, 0.1) is 12.7 Å². The van der Waals surface area contributed by atoms with Crippen molar-refractivity contribution in [2.24, 2.45) is 0 Å². The molecule has 1 aromatic carbocycles. The molecule has 0 fully saturated rings. The summed E-state index contributed by atoms with van der Waals surface area (Å²) in [5.41, 5.74) is 0. The van der Waals surface area contributed by atoms with Crippen molar-refractivity contribution in [3.8, 4) is 0 Å². The topological polar surface area (TPSA) is 0 Å². The maximum absolute atomic E-state index is 9.58. The zero-order valence-corrected chi connectivity index (χ0v) is 9.26. The van der Waals surface area contributed by atoms with Crippen LogP contribution in [0.15, 0.2) is 30.3 Å². The van der Waals surface area contributed by atoms with E-state index in [-0.39, 0.29) is 40.0 Å². The molecule has 0 atom stereocenters. The van der Waals surface area contributed by atoms with Crippen LogP contribution in [0.3, 0.4) is 0 Å². The standard InChI is InChI=1S/C6H5.CF3.BrH.Mg/c1-2-4-6-5-3-1;2-1(3)4;;/h1-5H;;1H;/q2*-1;;+2. The van der Waals surface area contributed by atoms with Crippen LogP contribution >= 0.6 is 17.0 Å². The molecule has 0 aliphatic carbocycles. The summed E-state index contributed by atoms with van der Waals surface area (Å²) < 4.78 is 28.8. The van der Waals surface area contributed by atoms with Gasteiger partial charge >= 0.3 is 23.1 Å². The molecule has 0 saturated heterocycles. The van der Waals surface area contributed by atoms with Gasteiger partial charge in [0.05, 0.1) is 0 Å². The third-order valence-corrected chi connectivity index (χ3v) is 0.607. The Morgan fingerprint density at radius 2 is 1.25 bits per heavy atom. The average molecular weight is 251 g/mol. The molecule has 0 radical (unpaired) electrons. The van der Waals surface area contributed by atoms with Crippen molar-refractivity contribution >= 4 is 40.0 Å². The van der Waals surface area contributed by atoms with Crippen molar-refractivity contribution in [2.45, 2.75) is 0 Å². The molecular weight excluding hydrogens is 245 g/mol. The van der Waals surface area contributed by atoms with Crippen LogP contribution in [0.4, 0.5) is 13.2 Å². The van der Waals surface area contributed by atoms with E-state index in [0.717, 1.165) is 0 Å². The maximum Gasteiger partial charge on any atom is 2.00 e. The Bertz CT molecular complexity index is 119. The van der Waals surface area contributed by atoms with Gasteiger partial charge in [-0.25, -0.2) is 0 Å². The van der Waals surface area contributed by atoms with Crippen molar-refractivity contribution < 1.29 is 13.2 Å². The van der Waals surface area contributed by atoms with Crippen LogP contribution in [0.2, 0.25) is 0 Å². The fourth-order valence-corrected chi connectivity index (χ4v) is 0.342. The Labute approximate surface area is 96.1 Å². The molecule has 0 unspecified atom stereocenters. The summed E-state index contributed by atoms with van der Waals surface area (Å²) >= 11 is 0. The van der Waals surface area contributed by atoms with Gasteiger partial charge in [0.2, 0.25) is 0 Å². The van der Waals surface area contributed by atoms with Gasteiger partial charge in [-0.2, -0.15) is 36.4 Å². The first kappa shape index (κ1) is 18.1. The first-order valence-electron chi connectivity index (χ1n) is 2.48. The van der Waals surface area contributed by atoms with E-state index in [1.165, 1.54) is 0 Å². The summed E-state index contributed by atoms with van der Waals surface area (Å²) in [6.07, 6.45) is 0. The van der Waals surface area contributed by atoms with Gasteiger partial charge < -0.3 is 13.2 Å². The predicted octanol–water partition coefficient (Wildman–Crippen LogP) is 3.03. The van der Waals surface area contributed by atoms with E-state index in [1.807, 2.05) is 30.3 Å². The monoisotopic (exact) mass is 250 g/mol. The van der Waals surface area contributed by atoms with Gasteiger partial charge in [-0.1, -0.05) is 0 Å². The molecular formula is C7H6BrF3Mg. The van der Waals surface area contributed by atoms with Gasteiger partial charge in [-0.15, -0.1) is 17.0 Å². The first-order chi connectivity index (χ1) is 4.73. The Balaban J connectivity index is -0.000000124. The molecule has 1 aromatic rings. The largest absolute Gasteiger partial charge is 2.00 e. The molecule has 0 aliphatic rings. The normalized spacial score (nSPS) is 7.00. The van der Waals surface area contributed by atoms with Crippen molar-refractivity contribution in [1.29, 1.82) is 0 Å². The minimum absolute atomic E-state index is 0. The fraction of sp³-hybridized carbons (Fsp3) is 0. The zero-order valence-electron chi connectivity index (χ0n) is 6.14. The van der Waals surface area contributed by atoms with Crippen molar-refractivity contribution in [3.63, 3.8) is 0 Å². The SMILES string of the molecule is Br.F[C-](F)F.[Mg+2].[c-]1ccccc1. The smallest absolute Gasteiger partial charge is 0.385 e. The van der Waals surface area contributed by atoms with E-state index in [0.29, 0.717) is 0 Å². The molecule has 1 rings (SSSR count).